The summed E-state index contributed by atoms with van der Waals surface area (Å²) in [4.78, 5) is 37.4. The van der Waals surface area contributed by atoms with Crippen LogP contribution >= 0.6 is 0 Å². The van der Waals surface area contributed by atoms with Crippen LogP contribution in [-0.2, 0) is 4.79 Å². The summed E-state index contributed by atoms with van der Waals surface area (Å²) < 4.78 is 10.9. The van der Waals surface area contributed by atoms with Crippen LogP contribution in [0.2, 0.25) is 0 Å². The molecule has 0 saturated carbocycles. The van der Waals surface area contributed by atoms with Crippen molar-refractivity contribution in [1.82, 2.24) is 0 Å². The number of Topliss-reactive ketones (excluding diaryl/α,β-unsaturated/α-hetero) is 1. The van der Waals surface area contributed by atoms with Gasteiger partial charge < -0.3 is 20.1 Å². The van der Waals surface area contributed by atoms with Gasteiger partial charge in [-0.3, -0.25) is 14.4 Å². The van der Waals surface area contributed by atoms with Gasteiger partial charge in [-0.2, -0.15) is 0 Å². The van der Waals surface area contributed by atoms with Gasteiger partial charge in [0.25, 0.3) is 11.8 Å². The molecule has 1 aliphatic rings. The second kappa shape index (κ2) is 9.79. The largest absolute Gasteiger partial charge is 0.495 e. The van der Waals surface area contributed by atoms with E-state index in [1.165, 1.54) is 7.11 Å². The number of ketones is 1. The van der Waals surface area contributed by atoms with E-state index in [2.05, 4.69) is 10.6 Å². The standard InChI is InChI=1S/C27H26N2O5/c1-16-8-13-23(26-21(30)14-17(2)25(16)26)34-15-24(31)28-19-11-9-18(10-12-19)27(32)29-20-6-4-5-7-22(20)33-3/h4-13,17H,14-15H2,1-3H3,(H,28,31)(H,29,32). The highest BCUT2D eigenvalue weighted by atomic mass is 16.5. The molecule has 0 aromatic heterocycles. The third-order valence-corrected chi connectivity index (χ3v) is 5.83. The van der Waals surface area contributed by atoms with Gasteiger partial charge in [0.15, 0.2) is 12.4 Å². The summed E-state index contributed by atoms with van der Waals surface area (Å²) in [6, 6.07) is 17.3. The van der Waals surface area contributed by atoms with Crippen LogP contribution in [0.15, 0.2) is 60.7 Å². The Morgan fingerprint density at radius 1 is 0.971 bits per heavy atom. The number of rotatable bonds is 7. The van der Waals surface area contributed by atoms with Crippen molar-refractivity contribution >= 4 is 29.0 Å². The van der Waals surface area contributed by atoms with Crippen molar-refractivity contribution in [3.05, 3.63) is 82.9 Å². The lowest BCUT2D eigenvalue weighted by molar-refractivity contribution is -0.118. The van der Waals surface area contributed by atoms with Crippen molar-refractivity contribution in [3.63, 3.8) is 0 Å². The maximum absolute atomic E-state index is 12.5. The molecule has 34 heavy (non-hydrogen) atoms. The highest BCUT2D eigenvalue weighted by molar-refractivity contribution is 6.06. The van der Waals surface area contributed by atoms with E-state index in [1.807, 2.05) is 26.0 Å². The summed E-state index contributed by atoms with van der Waals surface area (Å²) in [6.45, 7) is 3.77. The van der Waals surface area contributed by atoms with E-state index < -0.39 is 0 Å². The summed E-state index contributed by atoms with van der Waals surface area (Å²) in [5.74, 6) is 0.544. The Morgan fingerprint density at radius 2 is 1.71 bits per heavy atom. The number of amides is 2. The minimum Gasteiger partial charge on any atom is -0.495 e. The number of carbonyl (C=O) groups excluding carboxylic acids is 3. The molecule has 0 radical (unpaired) electrons. The number of aryl methyl sites for hydroxylation is 1. The topological polar surface area (TPSA) is 93.7 Å². The van der Waals surface area contributed by atoms with Crippen LogP contribution in [0.25, 0.3) is 0 Å². The molecule has 7 nitrogen and oxygen atoms in total. The predicted molar refractivity (Wildman–Crippen MR) is 130 cm³/mol. The van der Waals surface area contributed by atoms with E-state index in [1.54, 1.807) is 48.5 Å². The summed E-state index contributed by atoms with van der Waals surface area (Å²) >= 11 is 0. The lowest BCUT2D eigenvalue weighted by Crippen LogP contribution is -2.21. The third kappa shape index (κ3) is 4.78. The van der Waals surface area contributed by atoms with Gasteiger partial charge in [-0.1, -0.05) is 25.1 Å². The van der Waals surface area contributed by atoms with E-state index in [4.69, 9.17) is 9.47 Å². The number of ether oxygens (including phenoxy) is 2. The maximum Gasteiger partial charge on any atom is 0.262 e. The number of benzene rings is 3. The molecule has 0 saturated heterocycles. The van der Waals surface area contributed by atoms with Crippen LogP contribution < -0.4 is 20.1 Å². The van der Waals surface area contributed by atoms with Crippen LogP contribution in [0.4, 0.5) is 11.4 Å². The van der Waals surface area contributed by atoms with Gasteiger partial charge >= 0.3 is 0 Å². The van der Waals surface area contributed by atoms with Gasteiger partial charge in [0, 0.05) is 17.7 Å². The third-order valence-electron chi connectivity index (χ3n) is 5.83. The average molecular weight is 459 g/mol. The molecule has 0 aliphatic heterocycles. The van der Waals surface area contributed by atoms with Crippen molar-refractivity contribution in [2.75, 3.05) is 24.4 Å². The summed E-state index contributed by atoms with van der Waals surface area (Å²) in [5, 5.41) is 5.55. The van der Waals surface area contributed by atoms with Gasteiger partial charge in [0.2, 0.25) is 0 Å². The van der Waals surface area contributed by atoms with Crippen molar-refractivity contribution in [3.8, 4) is 11.5 Å². The number of nitrogens with one attached hydrogen (secondary N) is 2. The molecule has 0 spiro atoms. The Balaban J connectivity index is 1.36. The molecule has 0 fully saturated rings. The van der Waals surface area contributed by atoms with Gasteiger partial charge in [0.1, 0.15) is 11.5 Å². The first-order chi connectivity index (χ1) is 16.4. The molecule has 2 amide bonds. The van der Waals surface area contributed by atoms with Crippen molar-refractivity contribution in [2.24, 2.45) is 0 Å². The van der Waals surface area contributed by atoms with Gasteiger partial charge in [-0.05, 0) is 66.4 Å². The first-order valence-corrected chi connectivity index (χ1v) is 11.0. The molecule has 2 N–H and O–H groups in total. The predicted octanol–water partition coefficient (Wildman–Crippen LogP) is 4.96. The molecule has 174 valence electrons. The highest BCUT2D eigenvalue weighted by Crippen LogP contribution is 2.40. The second-order valence-corrected chi connectivity index (χ2v) is 8.27. The maximum atomic E-state index is 12.5. The summed E-state index contributed by atoms with van der Waals surface area (Å²) in [5.41, 5.74) is 4.18. The quantitative estimate of drug-likeness (QED) is 0.522. The number of para-hydroxylation sites is 2. The molecular weight excluding hydrogens is 432 g/mol. The second-order valence-electron chi connectivity index (χ2n) is 8.27. The normalized spacial score (nSPS) is 14.3. The van der Waals surface area contributed by atoms with Crippen molar-refractivity contribution in [2.45, 2.75) is 26.2 Å². The van der Waals surface area contributed by atoms with Gasteiger partial charge in [0.05, 0.1) is 18.4 Å². The summed E-state index contributed by atoms with van der Waals surface area (Å²) in [6.07, 6.45) is 0.458. The Kier molecular flexibility index (Phi) is 6.63. The molecule has 0 bridgehead atoms. The highest BCUT2D eigenvalue weighted by Gasteiger charge is 2.31. The zero-order valence-corrected chi connectivity index (χ0v) is 19.3. The van der Waals surface area contributed by atoms with Crippen LogP contribution in [-0.4, -0.2) is 31.3 Å². The van der Waals surface area contributed by atoms with E-state index in [9.17, 15) is 14.4 Å². The molecule has 3 aromatic carbocycles. The first-order valence-electron chi connectivity index (χ1n) is 11.0. The Hall–Kier alpha value is -4.13. The van der Waals surface area contributed by atoms with Gasteiger partial charge in [-0.15, -0.1) is 0 Å². The van der Waals surface area contributed by atoms with Crippen LogP contribution in [0, 0.1) is 6.92 Å². The smallest absolute Gasteiger partial charge is 0.262 e. The molecule has 4 rings (SSSR count). The number of anilines is 2. The fourth-order valence-electron chi connectivity index (χ4n) is 4.22. The Labute approximate surface area is 198 Å². The molecule has 7 heteroatoms. The van der Waals surface area contributed by atoms with Crippen LogP contribution in [0.3, 0.4) is 0 Å². The zero-order valence-electron chi connectivity index (χ0n) is 19.3. The Morgan fingerprint density at radius 3 is 2.44 bits per heavy atom. The van der Waals surface area contributed by atoms with E-state index >= 15 is 0 Å². The molecule has 1 unspecified atom stereocenters. The molecule has 3 aromatic rings. The lowest BCUT2D eigenvalue weighted by atomic mass is 9.97. The first kappa shape index (κ1) is 23.0. The number of hydrogen-bond acceptors (Lipinski definition) is 5. The zero-order chi connectivity index (χ0) is 24.2. The monoisotopic (exact) mass is 458 g/mol. The Bertz CT molecular complexity index is 1250. The molecule has 1 atom stereocenters. The lowest BCUT2D eigenvalue weighted by Gasteiger charge is -2.13. The van der Waals surface area contributed by atoms with Crippen molar-refractivity contribution in [1.29, 1.82) is 0 Å². The average Bonchev–Trinajstić information content (AvgIpc) is 3.14. The van der Waals surface area contributed by atoms with Crippen LogP contribution in [0.5, 0.6) is 11.5 Å². The van der Waals surface area contributed by atoms with E-state index in [-0.39, 0.29) is 30.1 Å². The van der Waals surface area contributed by atoms with E-state index in [0.717, 1.165) is 11.1 Å². The molecular formula is C27H26N2O5. The molecule has 1 aliphatic carbocycles. The summed E-state index contributed by atoms with van der Waals surface area (Å²) in [7, 11) is 1.54. The van der Waals surface area contributed by atoms with E-state index in [0.29, 0.717) is 40.4 Å². The number of carbonyl (C=O) groups is 3. The fraction of sp³-hybridized carbons (Fsp3) is 0.222. The number of methoxy groups -OCH3 is 1. The fourth-order valence-corrected chi connectivity index (χ4v) is 4.22. The van der Waals surface area contributed by atoms with Crippen LogP contribution in [0.1, 0.15) is 51.1 Å². The van der Waals surface area contributed by atoms with Crippen molar-refractivity contribution < 1.29 is 23.9 Å². The molecule has 0 heterocycles. The minimum atomic E-state index is -0.362. The van der Waals surface area contributed by atoms with Gasteiger partial charge in [-0.25, -0.2) is 0 Å². The number of hydrogen-bond donors (Lipinski definition) is 2. The minimum absolute atomic E-state index is 0.0450. The SMILES string of the molecule is COc1ccccc1NC(=O)c1ccc(NC(=O)COc2ccc(C)c3c2C(=O)CC3C)cc1. The number of fused-ring (bicyclic) bond motifs is 1.